The monoisotopic (exact) mass is 225 g/mol. The Hall–Kier alpha value is 0.700. The highest BCUT2D eigenvalue weighted by Gasteiger charge is 1.84. The third kappa shape index (κ3) is 4.56. The summed E-state index contributed by atoms with van der Waals surface area (Å²) < 4.78 is 1.11. The summed E-state index contributed by atoms with van der Waals surface area (Å²) in [7, 11) is 0. The summed E-state index contributed by atoms with van der Waals surface area (Å²) >= 11 is 6.38. The average molecular weight is 227 g/mol. The second-order valence-electron chi connectivity index (χ2n) is 1.25. The van der Waals surface area contributed by atoms with Gasteiger partial charge in [0.1, 0.15) is 0 Å². The van der Waals surface area contributed by atoms with Crippen molar-refractivity contribution in [3.05, 3.63) is 9.47 Å². The Bertz CT molecular complexity index is 66.5. The lowest BCUT2D eigenvalue weighted by Crippen LogP contribution is -1.64. The Morgan fingerprint density at radius 1 is 1.71 bits per heavy atom. The maximum Gasteiger partial charge on any atom is 0.0426 e. The van der Waals surface area contributed by atoms with Crippen LogP contribution in [0.4, 0.5) is 0 Å². The molecule has 7 heavy (non-hydrogen) atoms. The molecule has 0 aliphatic heterocycles. The lowest BCUT2D eigenvalue weighted by atomic mass is 10.3. The van der Waals surface area contributed by atoms with Gasteiger partial charge in [-0.1, -0.05) is 29.3 Å². The third-order valence-electron chi connectivity index (χ3n) is 0.572. The summed E-state index contributed by atoms with van der Waals surface area (Å²) in [5.41, 5.74) is 0. The first-order valence-corrected chi connectivity index (χ1v) is 3.77. The van der Waals surface area contributed by atoms with E-state index < -0.39 is 0 Å². The molecule has 0 atom stereocenters. The Kier molecular flexibility index (Phi) is 5.33. The van der Waals surface area contributed by atoms with Crippen molar-refractivity contribution in [2.75, 3.05) is 0 Å². The number of halogens is 2. The fourth-order valence-electron chi connectivity index (χ4n) is 0.267. The topological polar surface area (TPSA) is 0 Å². The molecule has 0 nitrogen and oxygen atoms in total. The highest BCUT2D eigenvalue weighted by Crippen LogP contribution is 2.12. The van der Waals surface area contributed by atoms with Crippen LogP contribution in [0.15, 0.2) is 4.48 Å². The summed E-state index contributed by atoms with van der Waals surface area (Å²) in [5.74, 6) is 0. The molecule has 0 rings (SSSR count). The first-order chi connectivity index (χ1) is 3.31. The van der Waals surface area contributed by atoms with Crippen LogP contribution in [0.1, 0.15) is 19.8 Å². The SMILES string of the molecule is CCC/C(Br)=[C]\Br. The molecule has 0 aliphatic carbocycles. The second kappa shape index (κ2) is 4.85. The number of allylic oxidation sites excluding steroid dienone is 1. The van der Waals surface area contributed by atoms with Crippen LogP contribution in [0.25, 0.3) is 0 Å². The van der Waals surface area contributed by atoms with Gasteiger partial charge in [0.15, 0.2) is 0 Å². The maximum absolute atomic E-state index is 3.30. The highest BCUT2D eigenvalue weighted by molar-refractivity contribution is 9.13. The van der Waals surface area contributed by atoms with Crippen LogP contribution in [0.3, 0.4) is 0 Å². The molecular weight excluding hydrogens is 220 g/mol. The predicted octanol–water partition coefficient (Wildman–Crippen LogP) is 3.22. The summed E-state index contributed by atoms with van der Waals surface area (Å²) in [6, 6.07) is 0. The first kappa shape index (κ1) is 7.70. The van der Waals surface area contributed by atoms with E-state index in [9.17, 15) is 0 Å². The van der Waals surface area contributed by atoms with Crippen molar-refractivity contribution in [1.29, 1.82) is 0 Å². The third-order valence-corrected chi connectivity index (χ3v) is 2.18. The van der Waals surface area contributed by atoms with Crippen LogP contribution >= 0.6 is 31.9 Å². The van der Waals surface area contributed by atoms with Crippen LogP contribution in [0, 0.1) is 4.99 Å². The smallest absolute Gasteiger partial charge is 0.0426 e. The molecular formula is C5H7Br2. The van der Waals surface area contributed by atoms with Gasteiger partial charge in [0.25, 0.3) is 0 Å². The van der Waals surface area contributed by atoms with E-state index in [1.165, 1.54) is 6.42 Å². The van der Waals surface area contributed by atoms with Gasteiger partial charge in [0.05, 0.1) is 0 Å². The normalized spacial score (nSPS) is 12.1. The summed E-state index contributed by atoms with van der Waals surface area (Å²) in [6.07, 6.45) is 2.24. The van der Waals surface area contributed by atoms with Gasteiger partial charge in [-0.15, -0.1) is 0 Å². The first-order valence-electron chi connectivity index (χ1n) is 2.19. The van der Waals surface area contributed by atoms with E-state index in [1.54, 1.807) is 0 Å². The predicted molar refractivity (Wildman–Crippen MR) is 39.5 cm³/mol. The molecule has 0 saturated heterocycles. The quantitative estimate of drug-likeness (QED) is 0.679. The van der Waals surface area contributed by atoms with E-state index in [0.717, 1.165) is 10.9 Å². The van der Waals surface area contributed by atoms with E-state index in [-0.39, 0.29) is 0 Å². The summed E-state index contributed by atoms with van der Waals surface area (Å²) in [4.78, 5) is 2.81. The Morgan fingerprint density at radius 3 is 2.43 bits per heavy atom. The molecule has 2 heteroatoms. The Labute approximate surface area is 61.2 Å². The van der Waals surface area contributed by atoms with Gasteiger partial charge in [-0.25, -0.2) is 0 Å². The largest absolute Gasteiger partial charge is 0.0650 e. The van der Waals surface area contributed by atoms with Gasteiger partial charge >= 0.3 is 0 Å². The lowest BCUT2D eigenvalue weighted by Gasteiger charge is -1.86. The zero-order valence-corrected chi connectivity index (χ0v) is 7.34. The molecule has 1 radical (unpaired) electrons. The zero-order chi connectivity index (χ0) is 5.70. The Morgan fingerprint density at radius 2 is 2.29 bits per heavy atom. The van der Waals surface area contributed by atoms with Gasteiger partial charge in [0, 0.05) is 9.47 Å². The van der Waals surface area contributed by atoms with Crippen molar-refractivity contribution in [1.82, 2.24) is 0 Å². The fourth-order valence-corrected chi connectivity index (χ4v) is 0.861. The standard InChI is InChI=1S/C5H7Br2/c1-2-3-5(7)4-6/h2-3H2,1H3. The minimum absolute atomic E-state index is 1.07. The van der Waals surface area contributed by atoms with Crippen molar-refractivity contribution >= 4 is 31.9 Å². The van der Waals surface area contributed by atoms with Crippen LogP contribution in [-0.4, -0.2) is 0 Å². The van der Waals surface area contributed by atoms with Gasteiger partial charge in [-0.05, 0) is 22.4 Å². The molecule has 0 fully saturated rings. The van der Waals surface area contributed by atoms with Crippen molar-refractivity contribution in [2.24, 2.45) is 0 Å². The average Bonchev–Trinajstić information content (AvgIpc) is 1.68. The molecule has 0 aliphatic rings. The molecule has 0 spiro atoms. The van der Waals surface area contributed by atoms with Crippen LogP contribution in [-0.2, 0) is 0 Å². The molecule has 41 valence electrons. The molecule has 0 aromatic heterocycles. The van der Waals surface area contributed by atoms with E-state index in [0.29, 0.717) is 0 Å². The van der Waals surface area contributed by atoms with E-state index in [2.05, 4.69) is 43.8 Å². The minimum Gasteiger partial charge on any atom is -0.0650 e. The van der Waals surface area contributed by atoms with E-state index in [4.69, 9.17) is 0 Å². The molecule has 0 N–H and O–H groups in total. The fraction of sp³-hybridized carbons (Fsp3) is 0.600. The molecule has 0 bridgehead atoms. The van der Waals surface area contributed by atoms with Crippen LogP contribution < -0.4 is 0 Å². The number of hydrogen-bond acceptors (Lipinski definition) is 0. The molecule has 0 aromatic carbocycles. The van der Waals surface area contributed by atoms with Gasteiger partial charge in [-0.3, -0.25) is 0 Å². The van der Waals surface area contributed by atoms with Crippen molar-refractivity contribution in [3.8, 4) is 0 Å². The van der Waals surface area contributed by atoms with Crippen molar-refractivity contribution in [3.63, 3.8) is 0 Å². The van der Waals surface area contributed by atoms with E-state index >= 15 is 0 Å². The molecule has 0 saturated carbocycles. The van der Waals surface area contributed by atoms with Gasteiger partial charge < -0.3 is 0 Å². The maximum atomic E-state index is 3.30. The molecule has 0 unspecified atom stereocenters. The van der Waals surface area contributed by atoms with Gasteiger partial charge in [0.2, 0.25) is 0 Å². The second-order valence-corrected chi connectivity index (χ2v) is 2.60. The van der Waals surface area contributed by atoms with Crippen LogP contribution in [0.2, 0.25) is 0 Å². The molecule has 0 amide bonds. The molecule has 0 heterocycles. The molecule has 0 aromatic rings. The summed E-state index contributed by atoms with van der Waals surface area (Å²) in [6.45, 7) is 2.13. The Balaban J connectivity index is 3.17. The number of rotatable bonds is 2. The van der Waals surface area contributed by atoms with Crippen molar-refractivity contribution in [2.45, 2.75) is 19.8 Å². The number of hydrogen-bond donors (Lipinski definition) is 0. The van der Waals surface area contributed by atoms with Crippen molar-refractivity contribution < 1.29 is 0 Å². The highest BCUT2D eigenvalue weighted by atomic mass is 79.9. The van der Waals surface area contributed by atoms with E-state index in [1.807, 2.05) is 0 Å². The van der Waals surface area contributed by atoms with Gasteiger partial charge in [-0.2, -0.15) is 0 Å². The minimum atomic E-state index is 1.07. The zero-order valence-electron chi connectivity index (χ0n) is 4.17. The lowest BCUT2D eigenvalue weighted by molar-refractivity contribution is 0.951. The summed E-state index contributed by atoms with van der Waals surface area (Å²) in [5, 5.41) is 0. The van der Waals surface area contributed by atoms with Crippen LogP contribution in [0.5, 0.6) is 0 Å².